The molecule has 2 N–H and O–H groups in total. The Hall–Kier alpha value is -3.06. The third kappa shape index (κ3) is 2.57. The number of nitrogens with zero attached hydrogens (tertiary/aromatic N) is 3. The van der Waals surface area contributed by atoms with Crippen LogP contribution >= 0.6 is 0 Å². The molecule has 3 rings (SSSR count). The fourth-order valence-electron chi connectivity index (χ4n) is 2.13. The molecule has 1 aromatic heterocycles. The van der Waals surface area contributed by atoms with Crippen LogP contribution in [0.4, 0.5) is 5.69 Å². The molecule has 0 saturated heterocycles. The Labute approximate surface area is 125 Å². The molecule has 0 fully saturated rings. The van der Waals surface area contributed by atoms with Crippen molar-refractivity contribution in [1.29, 1.82) is 0 Å². The molecule has 0 saturated carbocycles. The number of aromatic nitrogens is 3. The number of aliphatic hydroxyl groups is 1. The predicted molar refractivity (Wildman–Crippen MR) is 79.8 cm³/mol. The molecule has 0 bridgehead atoms. The molecular weight excluding hydrogens is 284 g/mol. The Morgan fingerprint density at radius 2 is 1.86 bits per heavy atom. The standard InChI is InChI=1S/C15H12N4O3/c20-9-11-3-1-2-4-13(11)15-16-14(17-18-15)10-5-7-12(8-6-10)19(21)22/h1-8,20H,9H2,(H,16,17,18). The first-order valence-electron chi connectivity index (χ1n) is 6.55. The number of hydrogen-bond acceptors (Lipinski definition) is 5. The highest BCUT2D eigenvalue weighted by Gasteiger charge is 2.12. The second-order valence-corrected chi connectivity index (χ2v) is 4.63. The SMILES string of the molecule is O=[N+]([O-])c1ccc(-c2n[nH]c(-c3ccccc3CO)n2)cc1. The fourth-order valence-corrected chi connectivity index (χ4v) is 2.13. The van der Waals surface area contributed by atoms with Gasteiger partial charge in [-0.2, -0.15) is 5.10 Å². The van der Waals surface area contributed by atoms with Crippen molar-refractivity contribution in [2.45, 2.75) is 6.61 Å². The number of benzene rings is 2. The van der Waals surface area contributed by atoms with Crippen LogP contribution < -0.4 is 0 Å². The molecule has 0 unspecified atom stereocenters. The van der Waals surface area contributed by atoms with Gasteiger partial charge in [0.25, 0.3) is 5.69 Å². The minimum Gasteiger partial charge on any atom is -0.392 e. The van der Waals surface area contributed by atoms with Crippen molar-refractivity contribution < 1.29 is 10.0 Å². The highest BCUT2D eigenvalue weighted by molar-refractivity contribution is 5.64. The van der Waals surface area contributed by atoms with Gasteiger partial charge >= 0.3 is 0 Å². The first-order valence-corrected chi connectivity index (χ1v) is 6.55. The Kier molecular flexibility index (Phi) is 3.63. The lowest BCUT2D eigenvalue weighted by Gasteiger charge is -2.02. The molecule has 110 valence electrons. The number of hydrogen-bond donors (Lipinski definition) is 2. The number of rotatable bonds is 4. The van der Waals surface area contributed by atoms with Crippen LogP contribution in [0.2, 0.25) is 0 Å². The molecule has 0 amide bonds. The van der Waals surface area contributed by atoms with E-state index in [1.165, 1.54) is 12.1 Å². The zero-order valence-electron chi connectivity index (χ0n) is 11.4. The van der Waals surface area contributed by atoms with E-state index in [0.717, 1.165) is 11.1 Å². The molecule has 0 aliphatic heterocycles. The molecule has 7 heteroatoms. The molecule has 22 heavy (non-hydrogen) atoms. The average molecular weight is 296 g/mol. The van der Waals surface area contributed by atoms with Gasteiger partial charge in [-0.3, -0.25) is 15.2 Å². The zero-order valence-corrected chi connectivity index (χ0v) is 11.4. The van der Waals surface area contributed by atoms with Gasteiger partial charge in [0.1, 0.15) is 0 Å². The van der Waals surface area contributed by atoms with Gasteiger partial charge in [-0.05, 0) is 17.7 Å². The van der Waals surface area contributed by atoms with Crippen LogP contribution in [0.1, 0.15) is 5.56 Å². The van der Waals surface area contributed by atoms with Crippen molar-refractivity contribution in [3.05, 3.63) is 64.2 Å². The number of aliphatic hydroxyl groups excluding tert-OH is 1. The second-order valence-electron chi connectivity index (χ2n) is 4.63. The van der Waals surface area contributed by atoms with Crippen molar-refractivity contribution in [2.75, 3.05) is 0 Å². The zero-order chi connectivity index (χ0) is 15.5. The summed E-state index contributed by atoms with van der Waals surface area (Å²) < 4.78 is 0. The Morgan fingerprint density at radius 3 is 2.55 bits per heavy atom. The number of aromatic amines is 1. The molecule has 0 spiro atoms. The third-order valence-corrected chi connectivity index (χ3v) is 3.26. The summed E-state index contributed by atoms with van der Waals surface area (Å²) in [6.45, 7) is -0.0935. The van der Waals surface area contributed by atoms with Crippen molar-refractivity contribution in [3.63, 3.8) is 0 Å². The molecule has 0 aliphatic carbocycles. The van der Waals surface area contributed by atoms with E-state index in [1.54, 1.807) is 12.1 Å². The number of nitro benzene ring substituents is 1. The maximum Gasteiger partial charge on any atom is 0.269 e. The van der Waals surface area contributed by atoms with Gasteiger partial charge in [-0.25, -0.2) is 4.98 Å². The van der Waals surface area contributed by atoms with E-state index in [1.807, 2.05) is 24.3 Å². The van der Waals surface area contributed by atoms with E-state index in [0.29, 0.717) is 17.2 Å². The van der Waals surface area contributed by atoms with Crippen molar-refractivity contribution in [1.82, 2.24) is 15.2 Å². The Bertz CT molecular complexity index is 812. The third-order valence-electron chi connectivity index (χ3n) is 3.26. The first-order chi connectivity index (χ1) is 10.7. The van der Waals surface area contributed by atoms with Gasteiger partial charge in [0.15, 0.2) is 11.6 Å². The van der Waals surface area contributed by atoms with Crippen LogP contribution in [-0.4, -0.2) is 25.2 Å². The Morgan fingerprint density at radius 1 is 1.14 bits per heavy atom. The molecule has 0 atom stereocenters. The van der Waals surface area contributed by atoms with Gasteiger partial charge in [0.2, 0.25) is 0 Å². The monoisotopic (exact) mass is 296 g/mol. The lowest BCUT2D eigenvalue weighted by molar-refractivity contribution is -0.384. The van der Waals surface area contributed by atoms with Crippen molar-refractivity contribution in [3.8, 4) is 22.8 Å². The quantitative estimate of drug-likeness (QED) is 0.568. The topological polar surface area (TPSA) is 105 Å². The molecule has 2 aromatic carbocycles. The molecular formula is C15H12N4O3. The van der Waals surface area contributed by atoms with E-state index in [-0.39, 0.29) is 12.3 Å². The van der Waals surface area contributed by atoms with E-state index in [2.05, 4.69) is 15.2 Å². The molecule has 0 aliphatic rings. The summed E-state index contributed by atoms with van der Waals surface area (Å²) in [5.74, 6) is 0.982. The maximum absolute atomic E-state index is 10.7. The normalized spacial score (nSPS) is 10.6. The predicted octanol–water partition coefficient (Wildman–Crippen LogP) is 2.54. The van der Waals surface area contributed by atoms with Crippen molar-refractivity contribution in [2.24, 2.45) is 0 Å². The number of non-ortho nitro benzene ring substituents is 1. The Balaban J connectivity index is 1.95. The van der Waals surface area contributed by atoms with Crippen molar-refractivity contribution >= 4 is 5.69 Å². The van der Waals surface area contributed by atoms with Crippen LogP contribution in [0.3, 0.4) is 0 Å². The summed E-state index contributed by atoms with van der Waals surface area (Å²) >= 11 is 0. The average Bonchev–Trinajstić information content (AvgIpc) is 3.04. The van der Waals surface area contributed by atoms with Crippen LogP contribution in [-0.2, 0) is 6.61 Å². The van der Waals surface area contributed by atoms with Gasteiger partial charge in [-0.15, -0.1) is 0 Å². The van der Waals surface area contributed by atoms with E-state index in [9.17, 15) is 15.2 Å². The minimum atomic E-state index is -0.454. The lowest BCUT2D eigenvalue weighted by atomic mass is 10.1. The molecule has 3 aromatic rings. The smallest absolute Gasteiger partial charge is 0.269 e. The molecule has 1 heterocycles. The number of H-pyrrole nitrogens is 1. The van der Waals surface area contributed by atoms with E-state index >= 15 is 0 Å². The van der Waals surface area contributed by atoms with Gasteiger partial charge < -0.3 is 5.11 Å². The van der Waals surface area contributed by atoms with Gasteiger partial charge in [-0.1, -0.05) is 24.3 Å². The summed E-state index contributed by atoms with van der Waals surface area (Å²) in [5, 5.41) is 27.0. The van der Waals surface area contributed by atoms with Crippen LogP contribution in [0.5, 0.6) is 0 Å². The summed E-state index contributed by atoms with van der Waals surface area (Å²) in [6, 6.07) is 13.4. The lowest BCUT2D eigenvalue weighted by Crippen LogP contribution is -1.90. The molecule has 0 radical (unpaired) electrons. The number of nitrogens with one attached hydrogen (secondary N) is 1. The second kappa shape index (κ2) is 5.74. The van der Waals surface area contributed by atoms with E-state index in [4.69, 9.17) is 0 Å². The highest BCUT2D eigenvalue weighted by atomic mass is 16.6. The maximum atomic E-state index is 10.7. The van der Waals surface area contributed by atoms with Crippen LogP contribution in [0.25, 0.3) is 22.8 Å². The summed E-state index contributed by atoms with van der Waals surface area (Å²) in [5.41, 5.74) is 2.21. The van der Waals surface area contributed by atoms with Gasteiger partial charge in [0.05, 0.1) is 11.5 Å². The van der Waals surface area contributed by atoms with Crippen LogP contribution in [0.15, 0.2) is 48.5 Å². The number of nitro groups is 1. The largest absolute Gasteiger partial charge is 0.392 e. The summed E-state index contributed by atoms with van der Waals surface area (Å²) in [6.07, 6.45) is 0. The molecule has 7 nitrogen and oxygen atoms in total. The fraction of sp³-hybridized carbons (Fsp3) is 0.0667. The summed E-state index contributed by atoms with van der Waals surface area (Å²) in [4.78, 5) is 14.6. The highest BCUT2D eigenvalue weighted by Crippen LogP contribution is 2.24. The van der Waals surface area contributed by atoms with Gasteiger partial charge in [0, 0.05) is 23.3 Å². The van der Waals surface area contributed by atoms with Crippen LogP contribution in [0, 0.1) is 10.1 Å². The first kappa shape index (κ1) is 13.9. The summed E-state index contributed by atoms with van der Waals surface area (Å²) in [7, 11) is 0. The minimum absolute atomic E-state index is 0.0186. The van der Waals surface area contributed by atoms with E-state index < -0.39 is 4.92 Å².